The van der Waals surface area contributed by atoms with Crippen molar-refractivity contribution in [2.45, 2.75) is 37.6 Å². The predicted molar refractivity (Wildman–Crippen MR) is 105 cm³/mol. The van der Waals surface area contributed by atoms with Crippen molar-refractivity contribution in [3.05, 3.63) is 47.2 Å². The summed E-state index contributed by atoms with van der Waals surface area (Å²) in [4.78, 5) is 23.9. The molecular weight excluding hydrogens is 472 g/mol. The number of nitrogens with two attached hydrogens (primary N) is 1. The molecule has 0 saturated heterocycles. The fourth-order valence-corrected chi connectivity index (χ4v) is 3.81. The maximum absolute atomic E-state index is 14.7. The molecule has 8 nitrogen and oxygen atoms in total. The van der Waals surface area contributed by atoms with Gasteiger partial charge in [0.1, 0.15) is 17.6 Å². The highest BCUT2D eigenvalue weighted by molar-refractivity contribution is 6.03. The minimum Gasteiger partial charge on any atom is -0.467 e. The van der Waals surface area contributed by atoms with E-state index in [-0.39, 0.29) is 23.5 Å². The van der Waals surface area contributed by atoms with Gasteiger partial charge in [0.05, 0.1) is 11.9 Å². The van der Waals surface area contributed by atoms with Crippen molar-refractivity contribution in [2.24, 2.45) is 16.6 Å². The molecule has 0 radical (unpaired) electrons. The zero-order valence-electron chi connectivity index (χ0n) is 17.4. The Hall–Kier alpha value is -3.58. The van der Waals surface area contributed by atoms with Gasteiger partial charge in [-0.15, -0.1) is 0 Å². The number of alkyl halides is 5. The average molecular weight is 489 g/mol. The van der Waals surface area contributed by atoms with E-state index in [0.29, 0.717) is 0 Å². The Morgan fingerprint density at radius 2 is 2.12 bits per heavy atom. The van der Waals surface area contributed by atoms with Gasteiger partial charge in [0.15, 0.2) is 12.1 Å². The normalized spacial score (nSPS) is 23.6. The van der Waals surface area contributed by atoms with Crippen LogP contribution in [0.1, 0.15) is 28.2 Å². The van der Waals surface area contributed by atoms with Crippen molar-refractivity contribution < 1.29 is 40.6 Å². The fraction of sp³-hybridized carbons (Fsp3) is 0.400. The van der Waals surface area contributed by atoms with Crippen LogP contribution in [0.5, 0.6) is 5.88 Å². The molecule has 1 saturated carbocycles. The van der Waals surface area contributed by atoms with E-state index in [0.717, 1.165) is 24.4 Å². The molecule has 0 spiro atoms. The molecule has 4 rings (SSSR count). The first-order chi connectivity index (χ1) is 15.9. The van der Waals surface area contributed by atoms with Gasteiger partial charge in [-0.2, -0.15) is 13.2 Å². The Morgan fingerprint density at radius 1 is 1.38 bits per heavy atom. The third-order valence-corrected chi connectivity index (χ3v) is 5.38. The van der Waals surface area contributed by atoms with Crippen molar-refractivity contribution in [3.63, 3.8) is 0 Å². The minimum absolute atomic E-state index is 0.0440. The van der Waals surface area contributed by atoms with E-state index in [1.165, 1.54) is 6.92 Å². The molecule has 3 N–H and O–H groups in total. The number of nitrogens with zero attached hydrogens (tertiary/aromatic N) is 3. The topological polar surface area (TPSA) is 112 Å². The first-order valence-corrected chi connectivity index (χ1v) is 9.85. The van der Waals surface area contributed by atoms with Gasteiger partial charge >= 0.3 is 6.18 Å². The summed E-state index contributed by atoms with van der Waals surface area (Å²) in [5, 5.41) is 2.39. The highest BCUT2D eigenvalue weighted by Crippen LogP contribution is 2.56. The molecule has 1 aliphatic carbocycles. The van der Waals surface area contributed by atoms with Gasteiger partial charge in [0, 0.05) is 17.2 Å². The van der Waals surface area contributed by atoms with Crippen LogP contribution in [-0.2, 0) is 10.3 Å². The minimum atomic E-state index is -4.58. The molecule has 182 valence electrons. The number of ether oxygens (including phenoxy) is 2. The number of nitrogens with one attached hydrogen (secondary N) is 1. The van der Waals surface area contributed by atoms with Gasteiger partial charge in [-0.1, -0.05) is 0 Å². The van der Waals surface area contributed by atoms with Crippen LogP contribution in [0.15, 0.2) is 29.4 Å². The third kappa shape index (κ3) is 4.43. The number of amidine groups is 1. The fourth-order valence-electron chi connectivity index (χ4n) is 3.81. The second-order valence-corrected chi connectivity index (χ2v) is 7.77. The summed E-state index contributed by atoms with van der Waals surface area (Å²) in [6.07, 6.45) is -7.26. The Bertz CT molecular complexity index is 1160. The molecule has 1 aromatic carbocycles. The van der Waals surface area contributed by atoms with E-state index >= 15 is 0 Å². The monoisotopic (exact) mass is 489 g/mol. The maximum Gasteiger partial charge on any atom is 0.422 e. The van der Waals surface area contributed by atoms with E-state index in [1.807, 2.05) is 0 Å². The van der Waals surface area contributed by atoms with Crippen molar-refractivity contribution in [1.29, 1.82) is 0 Å². The first kappa shape index (κ1) is 23.6. The van der Waals surface area contributed by atoms with E-state index in [2.05, 4.69) is 25.0 Å². The van der Waals surface area contributed by atoms with Crippen LogP contribution in [0.4, 0.5) is 32.0 Å². The SMILES string of the molecule is Cc1nc(OCC(F)(F)F)cnc1C(=O)Nc1ccc(F)c([C@@]2(C(F)F)N=C(N)O[C@@H]3C[C@@H]32)c1. The van der Waals surface area contributed by atoms with Gasteiger partial charge in [-0.3, -0.25) is 4.79 Å². The van der Waals surface area contributed by atoms with Crippen LogP contribution < -0.4 is 15.8 Å². The van der Waals surface area contributed by atoms with Crippen LogP contribution in [0.3, 0.4) is 0 Å². The summed E-state index contributed by atoms with van der Waals surface area (Å²) in [5.74, 6) is -3.05. The van der Waals surface area contributed by atoms with Crippen LogP contribution in [0, 0.1) is 18.7 Å². The number of aromatic nitrogens is 2. The van der Waals surface area contributed by atoms with Crippen molar-refractivity contribution in [3.8, 4) is 5.88 Å². The van der Waals surface area contributed by atoms with Crippen molar-refractivity contribution in [1.82, 2.24) is 9.97 Å². The number of hydrogen-bond acceptors (Lipinski definition) is 7. The lowest BCUT2D eigenvalue weighted by atomic mass is 9.84. The van der Waals surface area contributed by atoms with Crippen molar-refractivity contribution >= 4 is 17.6 Å². The lowest BCUT2D eigenvalue weighted by Crippen LogP contribution is -2.43. The number of rotatable bonds is 6. The molecule has 1 fully saturated rings. The van der Waals surface area contributed by atoms with Crippen LogP contribution in [0.2, 0.25) is 0 Å². The van der Waals surface area contributed by atoms with E-state index < -0.39 is 66.0 Å². The molecule has 2 aromatic rings. The number of amides is 1. The number of benzene rings is 1. The number of anilines is 1. The van der Waals surface area contributed by atoms with Gasteiger partial charge in [-0.05, 0) is 31.5 Å². The number of hydrogen-bond donors (Lipinski definition) is 2. The van der Waals surface area contributed by atoms with Gasteiger partial charge in [0.25, 0.3) is 18.4 Å². The van der Waals surface area contributed by atoms with E-state index in [9.17, 15) is 31.1 Å². The molecule has 1 aliphatic heterocycles. The highest BCUT2D eigenvalue weighted by atomic mass is 19.4. The van der Waals surface area contributed by atoms with Gasteiger partial charge in [-0.25, -0.2) is 28.1 Å². The quantitative estimate of drug-likeness (QED) is 0.603. The number of aryl methyl sites for hydroxylation is 1. The second-order valence-electron chi connectivity index (χ2n) is 7.77. The molecule has 2 aliphatic rings. The summed E-state index contributed by atoms with van der Waals surface area (Å²) < 4.78 is 89.6. The van der Waals surface area contributed by atoms with Gasteiger partial charge < -0.3 is 20.5 Å². The third-order valence-electron chi connectivity index (χ3n) is 5.38. The van der Waals surface area contributed by atoms with Crippen molar-refractivity contribution in [2.75, 3.05) is 11.9 Å². The van der Waals surface area contributed by atoms with E-state index in [4.69, 9.17) is 10.5 Å². The molecule has 34 heavy (non-hydrogen) atoms. The highest BCUT2D eigenvalue weighted by Gasteiger charge is 2.64. The van der Waals surface area contributed by atoms with Crippen LogP contribution >= 0.6 is 0 Å². The number of carbonyl (C=O) groups is 1. The number of halogens is 6. The summed E-state index contributed by atoms with van der Waals surface area (Å²) in [6.45, 7) is -0.270. The molecular formula is C20H17F6N5O3. The molecule has 3 atom stereocenters. The molecule has 0 unspecified atom stereocenters. The molecule has 1 amide bonds. The molecule has 1 aromatic heterocycles. The number of aliphatic imine (C=N–C) groups is 1. The largest absolute Gasteiger partial charge is 0.467 e. The summed E-state index contributed by atoms with van der Waals surface area (Å²) in [5.41, 5.74) is 2.45. The lowest BCUT2D eigenvalue weighted by Gasteiger charge is -2.33. The Morgan fingerprint density at radius 3 is 2.76 bits per heavy atom. The molecule has 14 heteroatoms. The Labute approximate surface area is 188 Å². The lowest BCUT2D eigenvalue weighted by molar-refractivity contribution is -0.154. The standard InChI is InChI=1S/C20H17F6N5O3/c1-8-15(28-6-14(29-8)33-7-19(24,25)26)16(32)30-9-2-3-12(21)10(4-9)20(17(22)23)11-5-13(11)34-18(27)31-20/h2-4,6,11,13,17H,5,7H2,1H3,(H2,27,31)(H,30,32)/t11-,13+,20+/m0/s1. The van der Waals surface area contributed by atoms with Crippen LogP contribution in [-0.4, -0.2) is 47.2 Å². The summed E-state index contributed by atoms with van der Waals surface area (Å²) >= 11 is 0. The Balaban J connectivity index is 1.58. The predicted octanol–water partition coefficient (Wildman–Crippen LogP) is 3.31. The smallest absolute Gasteiger partial charge is 0.422 e. The van der Waals surface area contributed by atoms with E-state index in [1.54, 1.807) is 0 Å². The molecule has 0 bridgehead atoms. The summed E-state index contributed by atoms with van der Waals surface area (Å²) in [6, 6.07) is 2.60. The first-order valence-electron chi connectivity index (χ1n) is 9.85. The molecule has 2 heterocycles. The maximum atomic E-state index is 14.7. The average Bonchev–Trinajstić information content (AvgIpc) is 3.52. The van der Waals surface area contributed by atoms with Crippen LogP contribution in [0.25, 0.3) is 0 Å². The summed E-state index contributed by atoms with van der Waals surface area (Å²) in [7, 11) is 0. The number of fused-ring (bicyclic) bond motifs is 1. The van der Waals surface area contributed by atoms with Gasteiger partial charge in [0.2, 0.25) is 5.88 Å². The number of carbonyl (C=O) groups excluding carboxylic acids is 1. The zero-order chi connectivity index (χ0) is 24.8. The Kier molecular flexibility index (Phi) is 5.77. The second kappa shape index (κ2) is 8.33. The zero-order valence-corrected chi connectivity index (χ0v) is 17.4.